The Morgan fingerprint density at radius 2 is 1.09 bits per heavy atom. The van der Waals surface area contributed by atoms with E-state index in [2.05, 4.69) is 48.9 Å². The van der Waals surface area contributed by atoms with Crippen LogP contribution in [-0.2, 0) is 0 Å². The summed E-state index contributed by atoms with van der Waals surface area (Å²) in [7, 11) is 3.40. The fraction of sp³-hybridized carbons (Fsp3) is 0.200. The second kappa shape index (κ2) is 6.47. The van der Waals surface area contributed by atoms with Gasteiger partial charge in [0.15, 0.2) is 0 Å². The van der Waals surface area contributed by atoms with Gasteiger partial charge in [-0.05, 0) is 71.1 Å². The fourth-order valence-corrected chi connectivity index (χ4v) is 3.69. The maximum atomic E-state index is 5.32. The van der Waals surface area contributed by atoms with Gasteiger partial charge >= 0.3 is 0 Å². The van der Waals surface area contributed by atoms with Crippen LogP contribution in [0.4, 0.5) is 0 Å². The van der Waals surface area contributed by atoms with E-state index in [0.717, 1.165) is 11.5 Å². The van der Waals surface area contributed by atoms with Gasteiger partial charge in [-0.25, -0.2) is 0 Å². The Labute approximate surface area is 141 Å². The van der Waals surface area contributed by atoms with Crippen LogP contribution in [-0.4, -0.2) is 14.2 Å². The van der Waals surface area contributed by atoms with Crippen LogP contribution in [0.15, 0.2) is 47.2 Å². The van der Waals surface area contributed by atoms with Gasteiger partial charge in [0.2, 0.25) is 0 Å². The second-order valence-electron chi connectivity index (χ2n) is 5.56. The van der Waals surface area contributed by atoms with E-state index in [1.54, 1.807) is 25.6 Å². The van der Waals surface area contributed by atoms with Gasteiger partial charge < -0.3 is 9.47 Å². The molecule has 0 atom stereocenters. The summed E-state index contributed by atoms with van der Waals surface area (Å²) >= 11 is 1.73. The maximum Gasteiger partial charge on any atom is 0.119 e. The lowest BCUT2D eigenvalue weighted by atomic mass is 9.93. The SMILES string of the molecule is COc1ccc(-c2cscc2-c2ccc(OC)cc2C)c(C)c1. The van der Waals surface area contributed by atoms with Crippen LogP contribution in [0.25, 0.3) is 22.3 Å². The molecule has 23 heavy (non-hydrogen) atoms. The lowest BCUT2D eigenvalue weighted by molar-refractivity contribution is 0.414. The first-order valence-electron chi connectivity index (χ1n) is 7.50. The summed E-state index contributed by atoms with van der Waals surface area (Å²) in [5, 5.41) is 4.43. The molecule has 2 nitrogen and oxygen atoms in total. The van der Waals surface area contributed by atoms with Gasteiger partial charge in [0.05, 0.1) is 14.2 Å². The molecule has 0 bridgehead atoms. The van der Waals surface area contributed by atoms with E-state index in [1.165, 1.54) is 33.4 Å². The average Bonchev–Trinajstić information content (AvgIpc) is 3.03. The van der Waals surface area contributed by atoms with E-state index in [0.29, 0.717) is 0 Å². The van der Waals surface area contributed by atoms with Crippen LogP contribution in [0.3, 0.4) is 0 Å². The molecule has 0 spiro atoms. The third kappa shape index (κ3) is 2.97. The first-order valence-corrected chi connectivity index (χ1v) is 8.44. The molecule has 3 aromatic rings. The highest BCUT2D eigenvalue weighted by Crippen LogP contribution is 2.39. The largest absolute Gasteiger partial charge is 0.497 e. The zero-order valence-electron chi connectivity index (χ0n) is 13.8. The van der Waals surface area contributed by atoms with Crippen molar-refractivity contribution in [2.24, 2.45) is 0 Å². The Balaban J connectivity index is 2.10. The van der Waals surface area contributed by atoms with Crippen LogP contribution in [0, 0.1) is 13.8 Å². The van der Waals surface area contributed by atoms with Gasteiger partial charge in [-0.3, -0.25) is 0 Å². The normalized spacial score (nSPS) is 10.6. The monoisotopic (exact) mass is 324 g/mol. The van der Waals surface area contributed by atoms with Crippen molar-refractivity contribution >= 4 is 11.3 Å². The third-order valence-electron chi connectivity index (χ3n) is 4.11. The number of aryl methyl sites for hydroxylation is 2. The van der Waals surface area contributed by atoms with Crippen molar-refractivity contribution in [2.75, 3.05) is 14.2 Å². The van der Waals surface area contributed by atoms with Crippen LogP contribution in [0.5, 0.6) is 11.5 Å². The lowest BCUT2D eigenvalue weighted by Crippen LogP contribution is -1.90. The summed E-state index contributed by atoms with van der Waals surface area (Å²) < 4.78 is 10.6. The van der Waals surface area contributed by atoms with Crippen molar-refractivity contribution in [1.29, 1.82) is 0 Å². The Kier molecular flexibility index (Phi) is 4.39. The molecular weight excluding hydrogens is 304 g/mol. The van der Waals surface area contributed by atoms with Crippen molar-refractivity contribution in [3.63, 3.8) is 0 Å². The molecule has 1 heterocycles. The van der Waals surface area contributed by atoms with Crippen LogP contribution >= 0.6 is 11.3 Å². The number of hydrogen-bond donors (Lipinski definition) is 0. The number of thiophene rings is 1. The fourth-order valence-electron chi connectivity index (χ4n) is 2.84. The molecule has 3 rings (SSSR count). The van der Waals surface area contributed by atoms with Gasteiger partial charge in [0.25, 0.3) is 0 Å². The minimum atomic E-state index is 0.892. The molecule has 0 aliphatic carbocycles. The molecule has 0 saturated carbocycles. The molecule has 2 aromatic carbocycles. The highest BCUT2D eigenvalue weighted by Gasteiger charge is 2.13. The van der Waals surface area contributed by atoms with Crippen molar-refractivity contribution in [2.45, 2.75) is 13.8 Å². The molecule has 0 radical (unpaired) electrons. The van der Waals surface area contributed by atoms with Gasteiger partial charge in [-0.2, -0.15) is 11.3 Å². The molecule has 0 amide bonds. The molecule has 1 aromatic heterocycles. The van der Waals surface area contributed by atoms with Crippen molar-refractivity contribution in [1.82, 2.24) is 0 Å². The van der Waals surface area contributed by atoms with E-state index >= 15 is 0 Å². The number of ether oxygens (including phenoxy) is 2. The molecule has 118 valence electrons. The van der Waals surface area contributed by atoms with Gasteiger partial charge in [-0.1, -0.05) is 12.1 Å². The molecule has 0 N–H and O–H groups in total. The van der Waals surface area contributed by atoms with E-state index < -0.39 is 0 Å². The van der Waals surface area contributed by atoms with E-state index in [4.69, 9.17) is 9.47 Å². The highest BCUT2D eigenvalue weighted by atomic mass is 32.1. The average molecular weight is 324 g/mol. The summed E-state index contributed by atoms with van der Waals surface area (Å²) in [5.74, 6) is 1.78. The molecule has 0 aliphatic rings. The first-order chi connectivity index (χ1) is 11.1. The smallest absolute Gasteiger partial charge is 0.119 e. The summed E-state index contributed by atoms with van der Waals surface area (Å²) in [5.41, 5.74) is 7.46. The Hall–Kier alpha value is -2.26. The number of methoxy groups -OCH3 is 2. The van der Waals surface area contributed by atoms with Gasteiger partial charge in [0, 0.05) is 11.1 Å². The molecule has 3 heteroatoms. The Morgan fingerprint density at radius 3 is 1.43 bits per heavy atom. The van der Waals surface area contributed by atoms with Gasteiger partial charge in [-0.15, -0.1) is 0 Å². The predicted octanol–water partition coefficient (Wildman–Crippen LogP) is 5.72. The summed E-state index contributed by atoms with van der Waals surface area (Å²) in [4.78, 5) is 0. The summed E-state index contributed by atoms with van der Waals surface area (Å²) in [6.07, 6.45) is 0. The third-order valence-corrected chi connectivity index (χ3v) is 4.85. The maximum absolute atomic E-state index is 5.32. The minimum Gasteiger partial charge on any atom is -0.497 e. The molecule has 0 aliphatic heterocycles. The molecule has 0 saturated heterocycles. The Bertz CT molecular complexity index is 765. The van der Waals surface area contributed by atoms with E-state index in [9.17, 15) is 0 Å². The number of rotatable bonds is 4. The first kappa shape index (κ1) is 15.6. The van der Waals surface area contributed by atoms with E-state index in [1.807, 2.05) is 12.1 Å². The summed E-state index contributed by atoms with van der Waals surface area (Å²) in [6, 6.07) is 12.5. The van der Waals surface area contributed by atoms with Gasteiger partial charge in [0.1, 0.15) is 11.5 Å². The van der Waals surface area contributed by atoms with Crippen molar-refractivity contribution < 1.29 is 9.47 Å². The molecule has 0 fully saturated rings. The lowest BCUT2D eigenvalue weighted by Gasteiger charge is -2.12. The number of hydrogen-bond acceptors (Lipinski definition) is 3. The second-order valence-corrected chi connectivity index (χ2v) is 6.30. The minimum absolute atomic E-state index is 0.892. The van der Waals surface area contributed by atoms with Crippen molar-refractivity contribution in [3.05, 3.63) is 58.3 Å². The molecule has 0 unspecified atom stereocenters. The van der Waals surface area contributed by atoms with Crippen LogP contribution in [0.1, 0.15) is 11.1 Å². The van der Waals surface area contributed by atoms with Crippen LogP contribution in [0.2, 0.25) is 0 Å². The highest BCUT2D eigenvalue weighted by molar-refractivity contribution is 7.08. The van der Waals surface area contributed by atoms with E-state index in [-0.39, 0.29) is 0 Å². The molecular formula is C20H20O2S. The zero-order chi connectivity index (χ0) is 16.4. The quantitative estimate of drug-likeness (QED) is 0.611. The topological polar surface area (TPSA) is 18.5 Å². The van der Waals surface area contributed by atoms with Crippen LogP contribution < -0.4 is 9.47 Å². The predicted molar refractivity (Wildman–Crippen MR) is 97.8 cm³/mol. The Morgan fingerprint density at radius 1 is 0.652 bits per heavy atom. The standard InChI is InChI=1S/C20H20O2S/c1-13-9-15(21-3)5-7-17(13)19-11-23-12-20(19)18-8-6-16(22-4)10-14(18)2/h5-12H,1-4H3. The van der Waals surface area contributed by atoms with Crippen molar-refractivity contribution in [3.8, 4) is 33.8 Å². The zero-order valence-corrected chi connectivity index (χ0v) is 14.7. The number of benzene rings is 2. The summed E-state index contributed by atoms with van der Waals surface area (Å²) in [6.45, 7) is 4.25.